The summed E-state index contributed by atoms with van der Waals surface area (Å²) in [5.41, 5.74) is 4.67. The summed E-state index contributed by atoms with van der Waals surface area (Å²) in [5, 5.41) is 0. The summed E-state index contributed by atoms with van der Waals surface area (Å²) in [6.45, 7) is -0.693. The number of hydrogen-bond donors (Lipinski definition) is 1. The van der Waals surface area contributed by atoms with Gasteiger partial charge in [0.05, 0.1) is 12.8 Å². The van der Waals surface area contributed by atoms with E-state index in [-0.39, 0.29) is 0 Å². The SMILES string of the molecule is N/C=C(/F)C=NCC(F)F. The molecule has 0 saturated heterocycles. The quantitative estimate of drug-likeness (QED) is 0.604. The van der Waals surface area contributed by atoms with Crippen molar-refractivity contribution in [3.8, 4) is 0 Å². The molecule has 0 bridgehead atoms. The van der Waals surface area contributed by atoms with E-state index in [1.165, 1.54) is 0 Å². The van der Waals surface area contributed by atoms with Crippen LogP contribution < -0.4 is 5.73 Å². The van der Waals surface area contributed by atoms with Crippen LogP contribution in [0.2, 0.25) is 0 Å². The molecule has 0 unspecified atom stereocenters. The number of aliphatic imine (C=N–C) groups is 1. The number of alkyl halides is 2. The third kappa shape index (κ3) is 5.14. The van der Waals surface area contributed by atoms with Crippen LogP contribution in [-0.4, -0.2) is 19.2 Å². The molecular formula is C5H7F3N2. The smallest absolute Gasteiger partial charge is 0.257 e. The molecule has 2 nitrogen and oxygen atoms in total. The maximum atomic E-state index is 11.9. The third-order valence-electron chi connectivity index (χ3n) is 0.617. The van der Waals surface area contributed by atoms with Gasteiger partial charge in [-0.1, -0.05) is 0 Å². The molecule has 0 aromatic rings. The standard InChI is InChI=1S/C5H7F3N2/c6-4(1-9)2-10-3-5(7)8/h1-2,5H,3,9H2/b4-1+,10-2?. The fraction of sp³-hybridized carbons (Fsp3) is 0.400. The van der Waals surface area contributed by atoms with Crippen molar-refractivity contribution in [2.24, 2.45) is 10.7 Å². The highest BCUT2D eigenvalue weighted by molar-refractivity contribution is 5.75. The van der Waals surface area contributed by atoms with Crippen LogP contribution in [-0.2, 0) is 0 Å². The minimum absolute atomic E-state index is 0.648. The molecule has 0 radical (unpaired) electrons. The van der Waals surface area contributed by atoms with Crippen molar-refractivity contribution in [2.75, 3.05) is 6.54 Å². The zero-order valence-electron chi connectivity index (χ0n) is 5.10. The molecule has 58 valence electrons. The molecule has 0 aliphatic carbocycles. The minimum Gasteiger partial charge on any atom is -0.402 e. The first-order valence-electron chi connectivity index (χ1n) is 2.52. The van der Waals surface area contributed by atoms with E-state index in [2.05, 4.69) is 10.7 Å². The lowest BCUT2D eigenvalue weighted by atomic mass is 10.6. The molecule has 10 heavy (non-hydrogen) atoms. The molecule has 5 heteroatoms. The van der Waals surface area contributed by atoms with Crippen molar-refractivity contribution in [2.45, 2.75) is 6.43 Å². The van der Waals surface area contributed by atoms with Crippen molar-refractivity contribution in [3.05, 3.63) is 12.0 Å². The fourth-order valence-electron chi connectivity index (χ4n) is 0.263. The second-order valence-corrected chi connectivity index (χ2v) is 1.44. The van der Waals surface area contributed by atoms with Gasteiger partial charge in [-0.2, -0.15) is 0 Å². The van der Waals surface area contributed by atoms with Gasteiger partial charge in [0.2, 0.25) is 0 Å². The van der Waals surface area contributed by atoms with Crippen molar-refractivity contribution in [1.29, 1.82) is 0 Å². The normalized spacial score (nSPS) is 13.4. The molecule has 0 aliphatic heterocycles. The summed E-state index contributed by atoms with van der Waals surface area (Å²) in [5.74, 6) is -0.819. The Hall–Kier alpha value is -1.00. The maximum Gasteiger partial charge on any atom is 0.257 e. The highest BCUT2D eigenvalue weighted by atomic mass is 19.3. The molecule has 0 amide bonds. The van der Waals surface area contributed by atoms with Gasteiger partial charge in [-0.25, -0.2) is 13.2 Å². The monoisotopic (exact) mass is 152 g/mol. The van der Waals surface area contributed by atoms with Crippen molar-refractivity contribution >= 4 is 6.21 Å². The van der Waals surface area contributed by atoms with Gasteiger partial charge in [0.15, 0.2) is 5.83 Å². The van der Waals surface area contributed by atoms with Crippen molar-refractivity contribution < 1.29 is 13.2 Å². The van der Waals surface area contributed by atoms with Gasteiger partial charge in [-0.05, 0) is 0 Å². The number of hydrogen-bond acceptors (Lipinski definition) is 2. The van der Waals surface area contributed by atoms with E-state index >= 15 is 0 Å². The highest BCUT2D eigenvalue weighted by Gasteiger charge is 1.97. The van der Waals surface area contributed by atoms with Crippen LogP contribution in [0.5, 0.6) is 0 Å². The number of allylic oxidation sites excluding steroid dienone is 1. The summed E-state index contributed by atoms with van der Waals surface area (Å²) in [6, 6.07) is 0. The van der Waals surface area contributed by atoms with E-state index in [4.69, 9.17) is 0 Å². The second kappa shape index (κ2) is 4.84. The largest absolute Gasteiger partial charge is 0.402 e. The van der Waals surface area contributed by atoms with E-state index < -0.39 is 18.8 Å². The Kier molecular flexibility index (Phi) is 4.36. The molecule has 0 atom stereocenters. The number of nitrogens with zero attached hydrogens (tertiary/aromatic N) is 1. The zero-order valence-corrected chi connectivity index (χ0v) is 5.10. The van der Waals surface area contributed by atoms with Crippen LogP contribution >= 0.6 is 0 Å². The Morgan fingerprint density at radius 2 is 2.20 bits per heavy atom. The van der Waals surface area contributed by atoms with Crippen molar-refractivity contribution in [3.63, 3.8) is 0 Å². The first kappa shape index (κ1) is 9.00. The van der Waals surface area contributed by atoms with Gasteiger partial charge < -0.3 is 5.73 Å². The van der Waals surface area contributed by atoms with Gasteiger partial charge in [0, 0.05) is 6.20 Å². The topological polar surface area (TPSA) is 38.4 Å². The molecule has 0 aromatic carbocycles. The second-order valence-electron chi connectivity index (χ2n) is 1.44. The lowest BCUT2D eigenvalue weighted by Crippen LogP contribution is -1.95. The fourth-order valence-corrected chi connectivity index (χ4v) is 0.263. The molecule has 0 saturated carbocycles. The first-order chi connectivity index (χ1) is 4.66. The van der Waals surface area contributed by atoms with Crippen LogP contribution in [0.25, 0.3) is 0 Å². The molecule has 0 spiro atoms. The summed E-state index contributed by atoms with van der Waals surface area (Å²) >= 11 is 0. The van der Waals surface area contributed by atoms with Gasteiger partial charge in [-0.3, -0.25) is 4.99 Å². The van der Waals surface area contributed by atoms with Gasteiger partial charge in [0.1, 0.15) is 0 Å². The first-order valence-corrected chi connectivity index (χ1v) is 2.52. The lowest BCUT2D eigenvalue weighted by molar-refractivity contribution is 0.159. The molecule has 0 fully saturated rings. The average Bonchev–Trinajstić information content (AvgIpc) is 1.87. The summed E-state index contributed by atoms with van der Waals surface area (Å²) < 4.78 is 34.5. The van der Waals surface area contributed by atoms with Gasteiger partial charge >= 0.3 is 0 Å². The third-order valence-corrected chi connectivity index (χ3v) is 0.617. The molecule has 0 heterocycles. The van der Waals surface area contributed by atoms with E-state index in [9.17, 15) is 13.2 Å². The highest BCUT2D eigenvalue weighted by Crippen LogP contribution is 1.93. The Morgan fingerprint density at radius 1 is 1.60 bits per heavy atom. The molecular weight excluding hydrogens is 145 g/mol. The number of halogens is 3. The van der Waals surface area contributed by atoms with Gasteiger partial charge in [-0.15, -0.1) is 0 Å². The number of nitrogens with two attached hydrogens (primary N) is 1. The van der Waals surface area contributed by atoms with E-state index in [1.54, 1.807) is 0 Å². The predicted molar refractivity (Wildman–Crippen MR) is 32.7 cm³/mol. The predicted octanol–water partition coefficient (Wildman–Crippen LogP) is 1.09. The molecule has 0 rings (SSSR count). The van der Waals surface area contributed by atoms with E-state index in [1.807, 2.05) is 0 Å². The van der Waals surface area contributed by atoms with Crippen LogP contribution in [0.4, 0.5) is 13.2 Å². The minimum atomic E-state index is -2.54. The summed E-state index contributed by atoms with van der Waals surface area (Å²) in [7, 11) is 0. The van der Waals surface area contributed by atoms with Crippen molar-refractivity contribution in [1.82, 2.24) is 0 Å². The Labute approximate surface area is 56.2 Å². The molecule has 2 N–H and O–H groups in total. The Morgan fingerprint density at radius 3 is 2.60 bits per heavy atom. The maximum absolute atomic E-state index is 11.9. The van der Waals surface area contributed by atoms with Gasteiger partial charge in [0.25, 0.3) is 6.43 Å². The lowest BCUT2D eigenvalue weighted by Gasteiger charge is -1.88. The van der Waals surface area contributed by atoms with Crippen LogP contribution in [0, 0.1) is 0 Å². The Bertz CT molecular complexity index is 142. The van der Waals surface area contributed by atoms with E-state index in [0.717, 1.165) is 0 Å². The average molecular weight is 152 g/mol. The number of rotatable bonds is 3. The zero-order chi connectivity index (χ0) is 7.98. The summed E-state index contributed by atoms with van der Waals surface area (Å²) in [6.07, 6.45) is -1.23. The van der Waals surface area contributed by atoms with Crippen LogP contribution in [0.15, 0.2) is 17.0 Å². The van der Waals surface area contributed by atoms with E-state index in [0.29, 0.717) is 12.4 Å². The Balaban J connectivity index is 3.56. The molecule has 0 aromatic heterocycles. The molecule has 0 aliphatic rings. The van der Waals surface area contributed by atoms with Crippen LogP contribution in [0.1, 0.15) is 0 Å². The van der Waals surface area contributed by atoms with Crippen LogP contribution in [0.3, 0.4) is 0 Å². The summed E-state index contributed by atoms with van der Waals surface area (Å²) in [4.78, 5) is 3.04.